The highest BCUT2D eigenvalue weighted by Gasteiger charge is 2.16. The van der Waals surface area contributed by atoms with Crippen molar-refractivity contribution in [3.05, 3.63) is 45.5 Å². The van der Waals surface area contributed by atoms with Crippen LogP contribution in [0.2, 0.25) is 0 Å². The number of aromatic nitrogens is 2. The molecule has 0 fully saturated rings. The second kappa shape index (κ2) is 4.48. The third kappa shape index (κ3) is 1.97. The summed E-state index contributed by atoms with van der Waals surface area (Å²) >= 11 is 7.13. The number of hydrogen-bond acceptors (Lipinski definition) is 3. The molecular weight excluding hydrogens is 267 g/mol. The van der Waals surface area contributed by atoms with E-state index in [4.69, 9.17) is 12.2 Å². The standard InChI is InChI=1S/C13H11FN2S2/c1-7-4-8(2-3-10(7)14)12-15-11-6-18-5-9(11)13(17)16-12/h2-4H,5-6H2,1H3,(H,15,16,17). The summed E-state index contributed by atoms with van der Waals surface area (Å²) in [4.78, 5) is 7.72. The zero-order valence-corrected chi connectivity index (χ0v) is 11.4. The van der Waals surface area contributed by atoms with Gasteiger partial charge in [-0.2, -0.15) is 11.8 Å². The first-order chi connectivity index (χ1) is 8.65. The molecule has 2 heterocycles. The number of halogens is 1. The highest BCUT2D eigenvalue weighted by Crippen LogP contribution is 2.30. The summed E-state index contributed by atoms with van der Waals surface area (Å²) in [5, 5.41) is 0. The van der Waals surface area contributed by atoms with E-state index in [2.05, 4.69) is 9.97 Å². The molecular formula is C13H11FN2S2. The largest absolute Gasteiger partial charge is 0.342 e. The predicted octanol–water partition coefficient (Wildman–Crippen LogP) is 4.00. The highest BCUT2D eigenvalue weighted by molar-refractivity contribution is 7.98. The van der Waals surface area contributed by atoms with E-state index in [1.807, 2.05) is 11.8 Å². The third-order valence-corrected chi connectivity index (χ3v) is 4.35. The maximum Gasteiger partial charge on any atom is 0.139 e. The molecule has 1 aromatic heterocycles. The van der Waals surface area contributed by atoms with Crippen molar-refractivity contribution in [3.8, 4) is 11.4 Å². The van der Waals surface area contributed by atoms with Gasteiger partial charge in [0, 0.05) is 28.3 Å². The van der Waals surface area contributed by atoms with Gasteiger partial charge in [-0.05, 0) is 30.7 Å². The van der Waals surface area contributed by atoms with Crippen molar-refractivity contribution in [1.29, 1.82) is 0 Å². The van der Waals surface area contributed by atoms with Crippen LogP contribution in [-0.2, 0) is 11.5 Å². The van der Waals surface area contributed by atoms with Crippen LogP contribution in [-0.4, -0.2) is 9.97 Å². The number of aryl methyl sites for hydroxylation is 1. The number of nitrogens with zero attached hydrogens (tertiary/aromatic N) is 1. The van der Waals surface area contributed by atoms with E-state index >= 15 is 0 Å². The van der Waals surface area contributed by atoms with Gasteiger partial charge >= 0.3 is 0 Å². The number of aromatic amines is 1. The number of H-pyrrole nitrogens is 1. The second-order valence-corrected chi connectivity index (χ2v) is 5.68. The van der Waals surface area contributed by atoms with Crippen molar-refractivity contribution in [2.45, 2.75) is 18.4 Å². The Labute approximate surface area is 114 Å². The molecule has 1 aliphatic rings. The van der Waals surface area contributed by atoms with Crippen molar-refractivity contribution >= 4 is 24.0 Å². The van der Waals surface area contributed by atoms with Gasteiger partial charge in [0.1, 0.15) is 16.3 Å². The average molecular weight is 278 g/mol. The average Bonchev–Trinajstić information content (AvgIpc) is 2.81. The maximum atomic E-state index is 13.3. The Morgan fingerprint density at radius 3 is 3.00 bits per heavy atom. The fraction of sp³-hybridized carbons (Fsp3) is 0.231. The van der Waals surface area contributed by atoms with E-state index in [1.165, 1.54) is 6.07 Å². The van der Waals surface area contributed by atoms with E-state index in [0.29, 0.717) is 10.2 Å². The maximum absolute atomic E-state index is 13.3. The van der Waals surface area contributed by atoms with Crippen LogP contribution in [0.3, 0.4) is 0 Å². The SMILES string of the molecule is Cc1cc(-c2nc(=S)c3c([nH]2)CSC3)ccc1F. The molecule has 0 saturated carbocycles. The highest BCUT2D eigenvalue weighted by atomic mass is 32.2. The van der Waals surface area contributed by atoms with Crippen LogP contribution in [0.25, 0.3) is 11.4 Å². The molecule has 0 aliphatic carbocycles. The van der Waals surface area contributed by atoms with Gasteiger partial charge in [-0.3, -0.25) is 0 Å². The molecule has 0 unspecified atom stereocenters. The van der Waals surface area contributed by atoms with Crippen molar-refractivity contribution in [2.75, 3.05) is 0 Å². The molecule has 18 heavy (non-hydrogen) atoms. The zero-order valence-electron chi connectivity index (χ0n) is 9.79. The molecule has 1 aromatic carbocycles. The van der Waals surface area contributed by atoms with E-state index in [1.54, 1.807) is 19.1 Å². The summed E-state index contributed by atoms with van der Waals surface area (Å²) in [5.74, 6) is 2.40. The van der Waals surface area contributed by atoms with Gasteiger partial charge in [-0.1, -0.05) is 12.2 Å². The lowest BCUT2D eigenvalue weighted by molar-refractivity contribution is 0.618. The molecule has 0 amide bonds. The van der Waals surface area contributed by atoms with Gasteiger partial charge in [0.05, 0.1) is 0 Å². The van der Waals surface area contributed by atoms with Crippen LogP contribution in [0.4, 0.5) is 4.39 Å². The second-order valence-electron chi connectivity index (χ2n) is 4.30. The minimum Gasteiger partial charge on any atom is -0.342 e. The fourth-order valence-electron chi connectivity index (χ4n) is 2.00. The smallest absolute Gasteiger partial charge is 0.139 e. The van der Waals surface area contributed by atoms with Crippen LogP contribution >= 0.6 is 24.0 Å². The summed E-state index contributed by atoms with van der Waals surface area (Å²) in [6.45, 7) is 1.75. The first kappa shape index (κ1) is 11.9. The normalized spacial score (nSPS) is 13.7. The van der Waals surface area contributed by atoms with Crippen LogP contribution in [0.15, 0.2) is 18.2 Å². The Balaban J connectivity index is 2.15. The van der Waals surface area contributed by atoms with Crippen LogP contribution in [0.1, 0.15) is 16.8 Å². The quantitative estimate of drug-likeness (QED) is 0.799. The van der Waals surface area contributed by atoms with Gasteiger partial charge < -0.3 is 4.98 Å². The van der Waals surface area contributed by atoms with E-state index in [9.17, 15) is 4.39 Å². The Kier molecular flexibility index (Phi) is 2.95. The molecule has 0 radical (unpaired) electrons. The number of thioether (sulfide) groups is 1. The lowest BCUT2D eigenvalue weighted by atomic mass is 10.1. The molecule has 1 N–H and O–H groups in total. The third-order valence-electron chi connectivity index (χ3n) is 3.03. The Morgan fingerprint density at radius 1 is 1.39 bits per heavy atom. The van der Waals surface area contributed by atoms with E-state index in [0.717, 1.165) is 34.2 Å². The number of benzene rings is 1. The van der Waals surface area contributed by atoms with Gasteiger partial charge in [0.2, 0.25) is 0 Å². The lowest BCUT2D eigenvalue weighted by Crippen LogP contribution is -1.97. The van der Waals surface area contributed by atoms with Gasteiger partial charge in [0.25, 0.3) is 0 Å². The summed E-state index contributed by atoms with van der Waals surface area (Å²) < 4.78 is 13.9. The van der Waals surface area contributed by atoms with Gasteiger partial charge in [-0.15, -0.1) is 0 Å². The molecule has 1 aliphatic heterocycles. The molecule has 92 valence electrons. The topological polar surface area (TPSA) is 28.7 Å². The lowest BCUT2D eigenvalue weighted by Gasteiger charge is -2.06. The number of rotatable bonds is 1. The summed E-state index contributed by atoms with van der Waals surface area (Å²) in [6, 6.07) is 4.98. The molecule has 3 rings (SSSR count). The number of fused-ring (bicyclic) bond motifs is 1. The Hall–Kier alpha value is -1.20. The molecule has 2 nitrogen and oxygen atoms in total. The monoisotopic (exact) mass is 278 g/mol. The minimum atomic E-state index is -0.200. The van der Waals surface area contributed by atoms with Crippen LogP contribution < -0.4 is 0 Å². The van der Waals surface area contributed by atoms with Gasteiger partial charge in [0.15, 0.2) is 0 Å². The zero-order chi connectivity index (χ0) is 12.7. The van der Waals surface area contributed by atoms with E-state index < -0.39 is 0 Å². The van der Waals surface area contributed by atoms with Crippen molar-refractivity contribution in [3.63, 3.8) is 0 Å². The molecule has 0 spiro atoms. The molecule has 0 bridgehead atoms. The summed E-state index contributed by atoms with van der Waals surface area (Å²) in [6.07, 6.45) is 0. The summed E-state index contributed by atoms with van der Waals surface area (Å²) in [5.41, 5.74) is 3.78. The van der Waals surface area contributed by atoms with Crippen molar-refractivity contribution in [1.82, 2.24) is 9.97 Å². The van der Waals surface area contributed by atoms with E-state index in [-0.39, 0.29) is 5.82 Å². The fourth-order valence-corrected chi connectivity index (χ4v) is 3.45. The minimum absolute atomic E-state index is 0.200. The van der Waals surface area contributed by atoms with Crippen LogP contribution in [0, 0.1) is 17.4 Å². The van der Waals surface area contributed by atoms with Crippen LogP contribution in [0.5, 0.6) is 0 Å². The Morgan fingerprint density at radius 2 is 2.22 bits per heavy atom. The first-order valence-electron chi connectivity index (χ1n) is 5.61. The predicted molar refractivity (Wildman–Crippen MR) is 74.6 cm³/mol. The summed E-state index contributed by atoms with van der Waals surface area (Å²) in [7, 11) is 0. The van der Waals surface area contributed by atoms with Crippen molar-refractivity contribution in [2.24, 2.45) is 0 Å². The molecule has 5 heteroatoms. The molecule has 0 saturated heterocycles. The Bertz CT molecular complexity index is 679. The number of nitrogens with one attached hydrogen (secondary N) is 1. The van der Waals surface area contributed by atoms with Gasteiger partial charge in [-0.25, -0.2) is 9.37 Å². The molecule has 0 atom stereocenters. The molecule has 2 aromatic rings. The van der Waals surface area contributed by atoms with Crippen molar-refractivity contribution < 1.29 is 4.39 Å². The first-order valence-corrected chi connectivity index (χ1v) is 7.18. The number of hydrogen-bond donors (Lipinski definition) is 1.